The van der Waals surface area contributed by atoms with E-state index in [1.54, 1.807) is 0 Å². The molecule has 166 valence electrons. The summed E-state index contributed by atoms with van der Waals surface area (Å²) in [6.07, 6.45) is 8.08. The highest BCUT2D eigenvalue weighted by Crippen LogP contribution is 2.37. The minimum atomic E-state index is 0.766. The number of hydrogen-bond acceptors (Lipinski definition) is 5. The van der Waals surface area contributed by atoms with Crippen LogP contribution in [0.2, 0.25) is 0 Å². The summed E-state index contributed by atoms with van der Waals surface area (Å²) in [6.45, 7) is 8.49. The molecular formula is C26H34N2O2S. The molecule has 3 aromatic rings. The van der Waals surface area contributed by atoms with Crippen LogP contribution in [0.4, 0.5) is 0 Å². The van der Waals surface area contributed by atoms with Gasteiger partial charge in [-0.25, -0.2) is 0 Å². The molecule has 0 amide bonds. The van der Waals surface area contributed by atoms with E-state index >= 15 is 0 Å². The first-order valence-corrected chi connectivity index (χ1v) is 12.8. The molecule has 4 nitrogen and oxygen atoms in total. The number of hydrogen-bond donors (Lipinski definition) is 0. The highest BCUT2D eigenvalue weighted by molar-refractivity contribution is 7.25. The zero-order valence-corrected chi connectivity index (χ0v) is 19.3. The predicted octanol–water partition coefficient (Wildman–Crippen LogP) is 5.78. The van der Waals surface area contributed by atoms with E-state index in [4.69, 9.17) is 9.47 Å². The van der Waals surface area contributed by atoms with E-state index in [9.17, 15) is 0 Å². The lowest BCUT2D eigenvalue weighted by molar-refractivity contribution is 0.183. The molecule has 31 heavy (non-hydrogen) atoms. The summed E-state index contributed by atoms with van der Waals surface area (Å²) >= 11 is 1.84. The van der Waals surface area contributed by atoms with Gasteiger partial charge >= 0.3 is 0 Å². The molecule has 0 atom stereocenters. The van der Waals surface area contributed by atoms with Crippen molar-refractivity contribution in [2.75, 3.05) is 52.5 Å². The maximum atomic E-state index is 6.10. The molecule has 2 aromatic carbocycles. The Morgan fingerprint density at radius 3 is 1.84 bits per heavy atom. The number of benzene rings is 2. The summed E-state index contributed by atoms with van der Waals surface area (Å²) < 4.78 is 14.8. The topological polar surface area (TPSA) is 24.9 Å². The van der Waals surface area contributed by atoms with E-state index in [0.29, 0.717) is 0 Å². The Labute approximate surface area is 189 Å². The predicted molar refractivity (Wildman–Crippen MR) is 131 cm³/mol. The molecule has 0 N–H and O–H groups in total. The van der Waals surface area contributed by atoms with Crippen LogP contribution < -0.4 is 9.47 Å². The van der Waals surface area contributed by atoms with Crippen LogP contribution in [0.5, 0.6) is 11.5 Å². The maximum Gasteiger partial charge on any atom is 0.120 e. The number of rotatable bonds is 8. The molecule has 2 aliphatic heterocycles. The van der Waals surface area contributed by atoms with Gasteiger partial charge in [0.25, 0.3) is 0 Å². The molecule has 2 aliphatic rings. The third kappa shape index (κ3) is 5.33. The Balaban J connectivity index is 1.20. The van der Waals surface area contributed by atoms with Crippen molar-refractivity contribution in [2.45, 2.75) is 38.5 Å². The molecule has 0 saturated carbocycles. The molecule has 0 spiro atoms. The summed E-state index contributed by atoms with van der Waals surface area (Å²) in [4.78, 5) is 5.04. The van der Waals surface area contributed by atoms with Gasteiger partial charge in [-0.3, -0.25) is 9.80 Å². The highest BCUT2D eigenvalue weighted by Gasteiger charge is 2.12. The van der Waals surface area contributed by atoms with Crippen molar-refractivity contribution in [3.63, 3.8) is 0 Å². The van der Waals surface area contributed by atoms with Gasteiger partial charge in [0, 0.05) is 33.3 Å². The molecule has 5 heteroatoms. The van der Waals surface area contributed by atoms with Gasteiger partial charge < -0.3 is 9.47 Å². The van der Waals surface area contributed by atoms with Crippen LogP contribution in [0.3, 0.4) is 0 Å². The standard InChI is InChI=1S/C26H34N2O2S/c1-3-11-27(12-4-1)15-17-29-21-8-10-25-24(19-21)23-9-7-22(20-26(23)31-25)30-18-16-28-13-5-2-6-14-28/h7-10,19-20H,1-6,11-18H2. The molecular weight excluding hydrogens is 404 g/mol. The first-order valence-electron chi connectivity index (χ1n) is 12.0. The van der Waals surface area contributed by atoms with Gasteiger partial charge in [0.15, 0.2) is 0 Å². The van der Waals surface area contributed by atoms with E-state index in [2.05, 4.69) is 46.2 Å². The van der Waals surface area contributed by atoms with Crippen molar-refractivity contribution in [1.29, 1.82) is 0 Å². The van der Waals surface area contributed by atoms with E-state index in [-0.39, 0.29) is 0 Å². The number of ether oxygens (including phenoxy) is 2. The minimum Gasteiger partial charge on any atom is -0.492 e. The van der Waals surface area contributed by atoms with Crippen molar-refractivity contribution >= 4 is 31.5 Å². The first-order chi connectivity index (χ1) is 15.3. The number of nitrogens with zero attached hydrogens (tertiary/aromatic N) is 2. The van der Waals surface area contributed by atoms with Crippen LogP contribution in [0, 0.1) is 0 Å². The minimum absolute atomic E-state index is 0.766. The Kier molecular flexibility index (Phi) is 6.92. The molecule has 2 fully saturated rings. The number of fused-ring (bicyclic) bond motifs is 3. The smallest absolute Gasteiger partial charge is 0.120 e. The fraction of sp³-hybridized carbons (Fsp3) is 0.538. The molecule has 0 aliphatic carbocycles. The summed E-state index contributed by atoms with van der Waals surface area (Å²) in [5, 5.41) is 2.58. The van der Waals surface area contributed by atoms with Crippen LogP contribution in [0.15, 0.2) is 36.4 Å². The van der Waals surface area contributed by atoms with Crippen molar-refractivity contribution in [3.05, 3.63) is 36.4 Å². The molecule has 3 heterocycles. The van der Waals surface area contributed by atoms with Gasteiger partial charge in [0.2, 0.25) is 0 Å². The lowest BCUT2D eigenvalue weighted by Gasteiger charge is -2.26. The second kappa shape index (κ2) is 10.2. The molecule has 0 bridgehead atoms. The van der Waals surface area contributed by atoms with Gasteiger partial charge in [-0.1, -0.05) is 12.8 Å². The quantitative estimate of drug-likeness (QED) is 0.445. The zero-order chi connectivity index (χ0) is 20.9. The van der Waals surface area contributed by atoms with E-state index in [0.717, 1.165) is 37.8 Å². The van der Waals surface area contributed by atoms with E-state index < -0.39 is 0 Å². The molecule has 5 rings (SSSR count). The second-order valence-corrected chi connectivity index (χ2v) is 10.0. The second-order valence-electron chi connectivity index (χ2n) is 8.92. The number of piperidine rings is 2. The first kappa shape index (κ1) is 21.0. The average molecular weight is 439 g/mol. The monoisotopic (exact) mass is 438 g/mol. The number of likely N-dealkylation sites (tertiary alicyclic amines) is 2. The third-order valence-corrected chi connectivity index (χ3v) is 7.80. The van der Waals surface area contributed by atoms with Gasteiger partial charge in [-0.05, 0) is 88.3 Å². The Morgan fingerprint density at radius 2 is 1.19 bits per heavy atom. The van der Waals surface area contributed by atoms with Gasteiger partial charge in [0.1, 0.15) is 24.7 Å². The summed E-state index contributed by atoms with van der Waals surface area (Å²) in [7, 11) is 0. The zero-order valence-electron chi connectivity index (χ0n) is 18.5. The fourth-order valence-electron chi connectivity index (χ4n) is 4.87. The third-order valence-electron chi connectivity index (χ3n) is 6.66. The van der Waals surface area contributed by atoms with Crippen LogP contribution in [0.1, 0.15) is 38.5 Å². The van der Waals surface area contributed by atoms with Gasteiger partial charge in [-0.15, -0.1) is 11.3 Å². The van der Waals surface area contributed by atoms with Crippen molar-refractivity contribution in [1.82, 2.24) is 9.80 Å². The van der Waals surface area contributed by atoms with Crippen LogP contribution >= 0.6 is 11.3 Å². The molecule has 0 radical (unpaired) electrons. The van der Waals surface area contributed by atoms with Crippen molar-refractivity contribution < 1.29 is 9.47 Å². The SMILES string of the molecule is c1cc2c(cc1OCCN1CCCCC1)sc1ccc(OCCN3CCCCC3)cc12. The maximum absolute atomic E-state index is 6.10. The van der Waals surface area contributed by atoms with Crippen LogP contribution in [-0.2, 0) is 0 Å². The van der Waals surface area contributed by atoms with Crippen molar-refractivity contribution in [3.8, 4) is 11.5 Å². The molecule has 0 unspecified atom stereocenters. The Bertz CT molecular complexity index is 990. The largest absolute Gasteiger partial charge is 0.492 e. The van der Waals surface area contributed by atoms with Gasteiger partial charge in [-0.2, -0.15) is 0 Å². The molecule has 2 saturated heterocycles. The number of thiophene rings is 1. The highest BCUT2D eigenvalue weighted by atomic mass is 32.1. The summed E-state index contributed by atoms with van der Waals surface area (Å²) in [5.74, 6) is 1.96. The van der Waals surface area contributed by atoms with Gasteiger partial charge in [0.05, 0.1) is 0 Å². The van der Waals surface area contributed by atoms with Crippen LogP contribution in [-0.4, -0.2) is 62.3 Å². The van der Waals surface area contributed by atoms with Crippen LogP contribution in [0.25, 0.3) is 20.2 Å². The normalized spacial score (nSPS) is 18.6. The van der Waals surface area contributed by atoms with E-state index in [1.807, 2.05) is 11.3 Å². The lowest BCUT2D eigenvalue weighted by atomic mass is 10.1. The van der Waals surface area contributed by atoms with Crippen molar-refractivity contribution in [2.24, 2.45) is 0 Å². The Morgan fingerprint density at radius 1 is 0.613 bits per heavy atom. The summed E-state index contributed by atoms with van der Waals surface area (Å²) in [6, 6.07) is 13.1. The average Bonchev–Trinajstić information content (AvgIpc) is 3.18. The van der Waals surface area contributed by atoms with E-state index in [1.165, 1.54) is 84.9 Å². The summed E-state index contributed by atoms with van der Waals surface area (Å²) in [5.41, 5.74) is 0. The lowest BCUT2D eigenvalue weighted by Crippen LogP contribution is -2.33. The Hall–Kier alpha value is -1.82. The molecule has 1 aromatic heterocycles. The fourth-order valence-corrected chi connectivity index (χ4v) is 5.98.